The average Bonchev–Trinajstić information content (AvgIpc) is 3.30. The standard InChI is InChI=1S/C30H28N6O3S2/c1-3-33-22-11-9-20(15-31)13-23(22)34-27-17-36(16-19-7-5-4-6-8-19)29(38)28(41-27)30-35(2)24-14-21(39-18-26(32)37)10-12-25(24)40-30/h4-14,33H,3,16-18H2,1-2H3,(H2,32,37)/b30-28-,34-27?. The number of aliphatic imine (C=N–C) groups is 1. The van der Waals surface area contributed by atoms with Gasteiger partial charge in [0.25, 0.3) is 11.8 Å². The Morgan fingerprint density at radius 1 is 1.15 bits per heavy atom. The van der Waals surface area contributed by atoms with Crippen molar-refractivity contribution in [1.82, 2.24) is 4.90 Å². The number of amides is 2. The van der Waals surface area contributed by atoms with Crippen molar-refractivity contribution in [2.75, 3.05) is 37.0 Å². The first-order chi connectivity index (χ1) is 19.9. The highest BCUT2D eigenvalue weighted by Gasteiger charge is 2.35. The Hall–Kier alpha value is -4.40. The molecule has 2 aliphatic rings. The fourth-order valence-electron chi connectivity index (χ4n) is 4.44. The van der Waals surface area contributed by atoms with Gasteiger partial charge in [0, 0.05) is 31.1 Å². The van der Waals surface area contributed by atoms with Gasteiger partial charge in [-0.05, 0) is 42.8 Å². The van der Waals surface area contributed by atoms with Crippen molar-refractivity contribution in [1.29, 1.82) is 5.26 Å². The van der Waals surface area contributed by atoms with Crippen molar-refractivity contribution in [3.05, 3.63) is 87.8 Å². The van der Waals surface area contributed by atoms with Crippen molar-refractivity contribution >= 4 is 57.4 Å². The van der Waals surface area contributed by atoms with Crippen LogP contribution in [-0.2, 0) is 16.1 Å². The minimum atomic E-state index is -0.553. The number of fused-ring (bicyclic) bond motifs is 1. The summed E-state index contributed by atoms with van der Waals surface area (Å²) in [6.45, 7) is 3.26. The lowest BCUT2D eigenvalue weighted by Gasteiger charge is -2.31. The summed E-state index contributed by atoms with van der Waals surface area (Å²) in [6.07, 6.45) is 0. The van der Waals surface area contributed by atoms with Gasteiger partial charge in [-0.25, -0.2) is 4.99 Å². The molecule has 41 heavy (non-hydrogen) atoms. The highest BCUT2D eigenvalue weighted by Crippen LogP contribution is 2.50. The maximum atomic E-state index is 13.9. The topological polar surface area (TPSA) is 124 Å². The molecule has 2 heterocycles. The summed E-state index contributed by atoms with van der Waals surface area (Å²) in [5, 5.41) is 14.3. The van der Waals surface area contributed by atoms with Crippen LogP contribution in [0.2, 0.25) is 0 Å². The second kappa shape index (κ2) is 12.4. The van der Waals surface area contributed by atoms with E-state index in [-0.39, 0.29) is 12.5 Å². The van der Waals surface area contributed by atoms with Crippen molar-refractivity contribution < 1.29 is 14.3 Å². The number of ether oxygens (including phenoxy) is 1. The molecule has 1 saturated heterocycles. The Labute approximate surface area is 247 Å². The Bertz CT molecular complexity index is 1600. The summed E-state index contributed by atoms with van der Waals surface area (Å²) in [6, 6.07) is 23.0. The number of anilines is 2. The molecule has 3 aromatic rings. The number of nitriles is 1. The Morgan fingerprint density at radius 3 is 2.68 bits per heavy atom. The van der Waals surface area contributed by atoms with Crippen LogP contribution in [0, 0.1) is 11.3 Å². The summed E-state index contributed by atoms with van der Waals surface area (Å²) in [5.74, 6) is -0.115. The number of thioether (sulfide) groups is 2. The number of nitrogens with zero attached hydrogens (tertiary/aromatic N) is 4. The predicted molar refractivity (Wildman–Crippen MR) is 164 cm³/mol. The molecule has 0 atom stereocenters. The van der Waals surface area contributed by atoms with Gasteiger partial charge < -0.3 is 25.6 Å². The summed E-state index contributed by atoms with van der Waals surface area (Å²) >= 11 is 2.85. The molecule has 3 N–H and O–H groups in total. The second-order valence-corrected chi connectivity index (χ2v) is 11.4. The number of carbonyl (C=O) groups is 2. The van der Waals surface area contributed by atoms with E-state index in [0.29, 0.717) is 41.5 Å². The van der Waals surface area contributed by atoms with Gasteiger partial charge in [-0.3, -0.25) is 9.59 Å². The SMILES string of the molecule is CCNc1ccc(C#N)cc1N=C1CN(Cc2ccccc2)C(=O)/C(=C2/Sc3ccc(OCC(N)=O)cc3N2C)S1. The minimum Gasteiger partial charge on any atom is -0.484 e. The van der Waals surface area contributed by atoms with Crippen LogP contribution in [0.5, 0.6) is 5.75 Å². The second-order valence-electron chi connectivity index (χ2n) is 9.31. The first-order valence-corrected chi connectivity index (χ1v) is 14.6. The largest absolute Gasteiger partial charge is 0.484 e. The van der Waals surface area contributed by atoms with Gasteiger partial charge >= 0.3 is 0 Å². The molecule has 208 valence electrons. The van der Waals surface area contributed by atoms with E-state index in [1.165, 1.54) is 23.5 Å². The van der Waals surface area contributed by atoms with Crippen molar-refractivity contribution in [2.45, 2.75) is 18.4 Å². The fourth-order valence-corrected chi connectivity index (χ4v) is 6.79. The van der Waals surface area contributed by atoms with E-state index in [2.05, 4.69) is 11.4 Å². The average molecular weight is 585 g/mol. The fraction of sp³-hybridized carbons (Fsp3) is 0.200. The molecular formula is C30H28N6O3S2. The zero-order valence-corrected chi connectivity index (χ0v) is 24.2. The van der Waals surface area contributed by atoms with Crippen LogP contribution in [0.25, 0.3) is 0 Å². The molecule has 5 rings (SSSR count). The number of benzene rings is 3. The first kappa shape index (κ1) is 28.1. The molecule has 0 spiro atoms. The first-order valence-electron chi connectivity index (χ1n) is 12.9. The van der Waals surface area contributed by atoms with Crippen LogP contribution in [0.4, 0.5) is 17.1 Å². The monoisotopic (exact) mass is 584 g/mol. The van der Waals surface area contributed by atoms with E-state index in [1.54, 1.807) is 23.1 Å². The number of primary amides is 1. The van der Waals surface area contributed by atoms with Gasteiger partial charge in [-0.1, -0.05) is 53.9 Å². The van der Waals surface area contributed by atoms with Crippen LogP contribution < -0.4 is 20.7 Å². The molecule has 2 aliphatic heterocycles. The van der Waals surface area contributed by atoms with Gasteiger partial charge in [-0.15, -0.1) is 0 Å². The van der Waals surface area contributed by atoms with E-state index in [9.17, 15) is 14.9 Å². The third-order valence-electron chi connectivity index (χ3n) is 6.36. The highest BCUT2D eigenvalue weighted by atomic mass is 32.2. The number of nitrogens with two attached hydrogens (primary N) is 1. The number of hydrogen-bond acceptors (Lipinski definition) is 9. The molecule has 0 unspecified atom stereocenters. The zero-order valence-electron chi connectivity index (χ0n) is 22.6. The predicted octanol–water partition coefficient (Wildman–Crippen LogP) is 5.07. The van der Waals surface area contributed by atoms with Crippen LogP contribution in [0.1, 0.15) is 18.1 Å². The quantitative estimate of drug-likeness (QED) is 0.352. The van der Waals surface area contributed by atoms with E-state index in [1.807, 2.05) is 67.4 Å². The summed E-state index contributed by atoms with van der Waals surface area (Å²) in [5.41, 5.74) is 9.10. The van der Waals surface area contributed by atoms with Crippen LogP contribution in [-0.4, -0.2) is 48.5 Å². The van der Waals surface area contributed by atoms with Crippen molar-refractivity contribution in [3.8, 4) is 11.8 Å². The maximum absolute atomic E-state index is 13.9. The molecular weight excluding hydrogens is 557 g/mol. The Morgan fingerprint density at radius 2 is 1.95 bits per heavy atom. The molecule has 0 aromatic heterocycles. The zero-order chi connectivity index (χ0) is 28.9. The van der Waals surface area contributed by atoms with E-state index < -0.39 is 5.91 Å². The van der Waals surface area contributed by atoms with Gasteiger partial charge in [0.15, 0.2) is 6.61 Å². The summed E-state index contributed by atoms with van der Waals surface area (Å²) in [7, 11) is 1.90. The Balaban J connectivity index is 1.54. The molecule has 11 heteroatoms. The normalized spacial score (nSPS) is 17.4. The maximum Gasteiger partial charge on any atom is 0.264 e. The van der Waals surface area contributed by atoms with E-state index in [4.69, 9.17) is 15.5 Å². The minimum absolute atomic E-state index is 0.0807. The third-order valence-corrected chi connectivity index (χ3v) is 8.76. The van der Waals surface area contributed by atoms with Crippen LogP contribution in [0.15, 0.2) is 86.6 Å². The van der Waals surface area contributed by atoms with Gasteiger partial charge in [0.2, 0.25) is 0 Å². The van der Waals surface area contributed by atoms with Gasteiger partial charge in [0.1, 0.15) is 10.7 Å². The third kappa shape index (κ3) is 6.34. The summed E-state index contributed by atoms with van der Waals surface area (Å²) in [4.78, 5) is 35.4. The van der Waals surface area contributed by atoms with Gasteiger partial charge in [-0.2, -0.15) is 5.26 Å². The molecule has 0 saturated carbocycles. The molecule has 2 amide bonds. The lowest BCUT2D eigenvalue weighted by Crippen LogP contribution is -2.40. The van der Waals surface area contributed by atoms with E-state index >= 15 is 0 Å². The van der Waals surface area contributed by atoms with E-state index in [0.717, 1.165) is 31.9 Å². The molecule has 9 nitrogen and oxygen atoms in total. The lowest BCUT2D eigenvalue weighted by atomic mass is 10.2. The Kier molecular flexibility index (Phi) is 8.52. The summed E-state index contributed by atoms with van der Waals surface area (Å²) < 4.78 is 5.50. The number of hydrogen-bond donors (Lipinski definition) is 2. The highest BCUT2D eigenvalue weighted by molar-refractivity contribution is 8.19. The molecule has 1 fully saturated rings. The van der Waals surface area contributed by atoms with Crippen molar-refractivity contribution in [3.63, 3.8) is 0 Å². The molecule has 3 aromatic carbocycles. The van der Waals surface area contributed by atoms with Gasteiger partial charge in [0.05, 0.1) is 45.3 Å². The number of rotatable bonds is 8. The molecule has 0 aliphatic carbocycles. The lowest BCUT2D eigenvalue weighted by molar-refractivity contribution is -0.126. The van der Waals surface area contributed by atoms with Crippen LogP contribution in [0.3, 0.4) is 0 Å². The number of nitrogens with one attached hydrogen (secondary N) is 1. The molecule has 0 bridgehead atoms. The molecule has 0 radical (unpaired) electrons. The van der Waals surface area contributed by atoms with Crippen molar-refractivity contribution in [2.24, 2.45) is 10.7 Å². The number of carbonyl (C=O) groups excluding carboxylic acids is 2. The van der Waals surface area contributed by atoms with Crippen LogP contribution >= 0.6 is 23.5 Å². The smallest absolute Gasteiger partial charge is 0.264 e.